The second-order valence-corrected chi connectivity index (χ2v) is 8.73. The fraction of sp³-hybridized carbons (Fsp3) is 0.524. The van der Waals surface area contributed by atoms with Crippen LogP contribution in [-0.2, 0) is 16.0 Å². The maximum absolute atomic E-state index is 12.6. The van der Waals surface area contributed by atoms with Crippen molar-refractivity contribution >= 4 is 34.2 Å². The summed E-state index contributed by atoms with van der Waals surface area (Å²) < 4.78 is 5.18. The van der Waals surface area contributed by atoms with Gasteiger partial charge in [0.15, 0.2) is 10.9 Å². The quantitative estimate of drug-likeness (QED) is 0.692. The van der Waals surface area contributed by atoms with Crippen molar-refractivity contribution in [2.24, 2.45) is 5.92 Å². The van der Waals surface area contributed by atoms with E-state index in [1.54, 1.807) is 17.5 Å². The van der Waals surface area contributed by atoms with E-state index >= 15 is 0 Å². The highest BCUT2D eigenvalue weighted by molar-refractivity contribution is 7.13. The molecular weight excluding hydrogens is 404 g/mol. The third-order valence-electron chi connectivity index (χ3n) is 4.78. The first-order valence-corrected chi connectivity index (χ1v) is 11.1. The molecule has 1 fully saturated rings. The number of furan rings is 1. The Labute approximate surface area is 180 Å². The predicted octanol–water partition coefficient (Wildman–Crippen LogP) is 3.03. The average molecular weight is 433 g/mol. The molecule has 1 aliphatic heterocycles. The van der Waals surface area contributed by atoms with E-state index in [2.05, 4.69) is 10.3 Å². The van der Waals surface area contributed by atoms with Crippen LogP contribution in [0.1, 0.15) is 49.4 Å². The van der Waals surface area contributed by atoms with Crippen molar-refractivity contribution in [2.75, 3.05) is 31.5 Å². The molecule has 2 aromatic heterocycles. The van der Waals surface area contributed by atoms with Gasteiger partial charge in [0.25, 0.3) is 5.91 Å². The van der Waals surface area contributed by atoms with Gasteiger partial charge in [-0.2, -0.15) is 0 Å². The van der Waals surface area contributed by atoms with Gasteiger partial charge in [0.2, 0.25) is 11.8 Å². The third kappa shape index (κ3) is 6.16. The summed E-state index contributed by atoms with van der Waals surface area (Å²) >= 11 is 1.28. The molecule has 1 saturated heterocycles. The molecule has 1 aliphatic rings. The summed E-state index contributed by atoms with van der Waals surface area (Å²) in [6.07, 6.45) is 4.94. The minimum Gasteiger partial charge on any atom is -0.459 e. The van der Waals surface area contributed by atoms with E-state index in [-0.39, 0.29) is 42.4 Å². The number of nitrogens with one attached hydrogen (secondary N) is 1. The van der Waals surface area contributed by atoms with Gasteiger partial charge >= 0.3 is 0 Å². The van der Waals surface area contributed by atoms with Crippen LogP contribution in [0.5, 0.6) is 0 Å². The normalized spacial score (nSPS) is 14.0. The number of carbonyl (C=O) groups excluding carboxylic acids is 3. The number of anilines is 1. The van der Waals surface area contributed by atoms with Gasteiger partial charge in [0.1, 0.15) is 6.54 Å². The highest BCUT2D eigenvalue weighted by Crippen LogP contribution is 2.18. The Morgan fingerprint density at radius 3 is 2.70 bits per heavy atom. The Balaban J connectivity index is 1.55. The summed E-state index contributed by atoms with van der Waals surface area (Å²) in [7, 11) is 0. The monoisotopic (exact) mass is 432 g/mol. The topological polar surface area (TPSA) is 95.8 Å². The number of hydrogen-bond donors (Lipinski definition) is 1. The van der Waals surface area contributed by atoms with Crippen LogP contribution in [0, 0.1) is 5.92 Å². The molecule has 0 aromatic carbocycles. The summed E-state index contributed by atoms with van der Waals surface area (Å²) in [6.45, 7) is 5.91. The van der Waals surface area contributed by atoms with Crippen LogP contribution in [0.3, 0.4) is 0 Å². The third-order valence-corrected chi connectivity index (χ3v) is 5.58. The Morgan fingerprint density at radius 1 is 1.27 bits per heavy atom. The van der Waals surface area contributed by atoms with E-state index in [1.165, 1.54) is 28.9 Å². The van der Waals surface area contributed by atoms with Gasteiger partial charge in [-0.3, -0.25) is 14.4 Å². The maximum Gasteiger partial charge on any atom is 0.290 e. The minimum atomic E-state index is -0.334. The molecule has 1 N–H and O–H groups in total. The summed E-state index contributed by atoms with van der Waals surface area (Å²) in [5, 5.41) is 4.95. The van der Waals surface area contributed by atoms with E-state index in [0.29, 0.717) is 17.4 Å². The molecule has 0 aliphatic carbocycles. The predicted molar refractivity (Wildman–Crippen MR) is 114 cm³/mol. The number of amides is 3. The molecular formula is C21H28N4O4S. The Bertz CT molecular complexity index is 856. The first kappa shape index (κ1) is 22.0. The Kier molecular flexibility index (Phi) is 7.62. The van der Waals surface area contributed by atoms with Crippen molar-refractivity contribution in [1.82, 2.24) is 14.8 Å². The van der Waals surface area contributed by atoms with Gasteiger partial charge < -0.3 is 19.5 Å². The van der Waals surface area contributed by atoms with Gasteiger partial charge in [-0.1, -0.05) is 13.8 Å². The van der Waals surface area contributed by atoms with Crippen LogP contribution < -0.4 is 5.32 Å². The fourth-order valence-electron chi connectivity index (χ4n) is 3.40. The lowest BCUT2D eigenvalue weighted by Crippen LogP contribution is -2.40. The summed E-state index contributed by atoms with van der Waals surface area (Å²) in [5.41, 5.74) is 0.650. The Morgan fingerprint density at radius 2 is 2.03 bits per heavy atom. The molecule has 0 radical (unpaired) electrons. The molecule has 3 heterocycles. The standard InChI is InChI=1S/C21H28N4O4S/c1-15(2)12-25(20(28)17-7-6-10-29-17)13-18(26)23-21-22-16(14-30-21)11-19(27)24-8-4-3-5-9-24/h6-7,10,14-15H,3-5,8-9,11-13H2,1-2H3,(H,22,23,26). The van der Waals surface area contributed by atoms with E-state index in [4.69, 9.17) is 4.42 Å². The first-order valence-electron chi connectivity index (χ1n) is 10.3. The van der Waals surface area contributed by atoms with Gasteiger partial charge in [-0.15, -0.1) is 11.3 Å². The zero-order valence-corrected chi connectivity index (χ0v) is 18.2. The number of carbonyl (C=O) groups is 3. The van der Waals surface area contributed by atoms with Gasteiger partial charge in [0.05, 0.1) is 18.4 Å². The fourth-order valence-corrected chi connectivity index (χ4v) is 4.13. The largest absolute Gasteiger partial charge is 0.459 e. The van der Waals surface area contributed by atoms with Crippen LogP contribution in [0.15, 0.2) is 28.2 Å². The highest BCUT2D eigenvalue weighted by Gasteiger charge is 2.23. The molecule has 8 nitrogen and oxygen atoms in total. The van der Waals surface area contributed by atoms with E-state index in [1.807, 2.05) is 18.7 Å². The molecule has 0 bridgehead atoms. The van der Waals surface area contributed by atoms with Crippen LogP contribution in [0.25, 0.3) is 0 Å². The molecule has 30 heavy (non-hydrogen) atoms. The lowest BCUT2D eigenvalue weighted by atomic mass is 10.1. The number of rotatable bonds is 8. The van der Waals surface area contributed by atoms with Crippen molar-refractivity contribution in [3.8, 4) is 0 Å². The van der Waals surface area contributed by atoms with Crippen LogP contribution in [0.2, 0.25) is 0 Å². The minimum absolute atomic E-state index is 0.0741. The summed E-state index contributed by atoms with van der Waals surface area (Å²) in [4.78, 5) is 45.2. The summed E-state index contributed by atoms with van der Waals surface area (Å²) in [5.74, 6) is -0.181. The average Bonchev–Trinajstić information content (AvgIpc) is 3.39. The molecule has 0 spiro atoms. The van der Waals surface area contributed by atoms with Crippen molar-refractivity contribution in [3.05, 3.63) is 35.2 Å². The number of thiazole rings is 1. The maximum atomic E-state index is 12.6. The molecule has 0 unspecified atom stereocenters. The van der Waals surface area contributed by atoms with E-state index < -0.39 is 0 Å². The second-order valence-electron chi connectivity index (χ2n) is 7.87. The zero-order chi connectivity index (χ0) is 21.5. The molecule has 162 valence electrons. The van der Waals surface area contributed by atoms with Crippen molar-refractivity contribution in [3.63, 3.8) is 0 Å². The molecule has 0 atom stereocenters. The number of hydrogen-bond acceptors (Lipinski definition) is 6. The van der Waals surface area contributed by atoms with Crippen molar-refractivity contribution in [1.29, 1.82) is 0 Å². The lowest BCUT2D eigenvalue weighted by molar-refractivity contribution is -0.131. The van der Waals surface area contributed by atoms with Crippen LogP contribution in [-0.4, -0.2) is 58.7 Å². The van der Waals surface area contributed by atoms with Crippen molar-refractivity contribution in [2.45, 2.75) is 39.5 Å². The molecule has 0 saturated carbocycles. The van der Waals surface area contributed by atoms with Crippen molar-refractivity contribution < 1.29 is 18.8 Å². The summed E-state index contributed by atoms with van der Waals surface area (Å²) in [6, 6.07) is 3.23. The zero-order valence-electron chi connectivity index (χ0n) is 17.4. The van der Waals surface area contributed by atoms with Gasteiger partial charge in [-0.25, -0.2) is 4.98 Å². The highest BCUT2D eigenvalue weighted by atomic mass is 32.1. The van der Waals surface area contributed by atoms with E-state index in [0.717, 1.165) is 25.9 Å². The van der Waals surface area contributed by atoms with Crippen LogP contribution >= 0.6 is 11.3 Å². The Hall–Kier alpha value is -2.68. The van der Waals surface area contributed by atoms with Crippen LogP contribution in [0.4, 0.5) is 5.13 Å². The number of likely N-dealkylation sites (tertiary alicyclic amines) is 1. The van der Waals surface area contributed by atoms with Gasteiger partial charge in [0, 0.05) is 25.0 Å². The number of piperidine rings is 1. The molecule has 3 amide bonds. The second kappa shape index (κ2) is 10.4. The SMILES string of the molecule is CC(C)CN(CC(=O)Nc1nc(CC(=O)N2CCCCC2)cs1)C(=O)c1ccco1. The van der Waals surface area contributed by atoms with Gasteiger partial charge in [-0.05, 0) is 37.3 Å². The smallest absolute Gasteiger partial charge is 0.290 e. The van der Waals surface area contributed by atoms with E-state index in [9.17, 15) is 14.4 Å². The molecule has 9 heteroatoms. The molecule has 3 rings (SSSR count). The first-order chi connectivity index (χ1) is 14.4. The molecule has 2 aromatic rings. The lowest BCUT2D eigenvalue weighted by Gasteiger charge is -2.26. The number of nitrogens with zero attached hydrogens (tertiary/aromatic N) is 3. The number of aromatic nitrogens is 1.